The fourth-order valence-corrected chi connectivity index (χ4v) is 1.82. The molecule has 3 aromatic rings. The first-order valence-corrected chi connectivity index (χ1v) is 6.39. The molecule has 0 saturated heterocycles. The van der Waals surface area contributed by atoms with Crippen LogP contribution in [0.3, 0.4) is 0 Å². The monoisotopic (exact) mass is 319 g/mol. The standard InChI is InChI=1S/C15H8F3N3O2/c16-9-3-1-8(2-4-9)14-20-21-15(23-14)19-13(22)11-6-5-10(17)7-12(11)18/h1-7H,(H,19,21,22). The quantitative estimate of drug-likeness (QED) is 0.803. The number of nitrogens with zero attached hydrogens (tertiary/aromatic N) is 2. The van der Waals surface area contributed by atoms with E-state index in [1.807, 2.05) is 0 Å². The van der Waals surface area contributed by atoms with Crippen LogP contribution in [0, 0.1) is 17.5 Å². The molecule has 0 spiro atoms. The lowest BCUT2D eigenvalue weighted by atomic mass is 10.2. The van der Waals surface area contributed by atoms with E-state index in [2.05, 4.69) is 15.5 Å². The van der Waals surface area contributed by atoms with E-state index < -0.39 is 23.4 Å². The molecule has 0 aliphatic heterocycles. The van der Waals surface area contributed by atoms with E-state index in [1.165, 1.54) is 24.3 Å². The van der Waals surface area contributed by atoms with Crippen molar-refractivity contribution < 1.29 is 22.4 Å². The summed E-state index contributed by atoms with van der Waals surface area (Å²) in [4.78, 5) is 11.9. The number of halogens is 3. The van der Waals surface area contributed by atoms with Crippen molar-refractivity contribution >= 4 is 11.9 Å². The molecule has 1 aromatic heterocycles. The first-order valence-electron chi connectivity index (χ1n) is 6.39. The SMILES string of the molecule is O=C(Nc1nnc(-c2ccc(F)cc2)o1)c1ccc(F)cc1F. The van der Waals surface area contributed by atoms with Gasteiger partial charge in [0.25, 0.3) is 5.91 Å². The lowest BCUT2D eigenvalue weighted by molar-refractivity contribution is 0.102. The fraction of sp³-hybridized carbons (Fsp3) is 0. The van der Waals surface area contributed by atoms with Gasteiger partial charge in [0.2, 0.25) is 5.89 Å². The predicted molar refractivity (Wildman–Crippen MR) is 74.0 cm³/mol. The van der Waals surface area contributed by atoms with Crippen molar-refractivity contribution in [3.63, 3.8) is 0 Å². The zero-order valence-electron chi connectivity index (χ0n) is 11.4. The van der Waals surface area contributed by atoms with Crippen molar-refractivity contribution in [2.45, 2.75) is 0 Å². The Labute approximate surface area is 127 Å². The number of nitrogens with one attached hydrogen (secondary N) is 1. The van der Waals surface area contributed by atoms with Crippen LogP contribution in [0.4, 0.5) is 19.2 Å². The largest absolute Gasteiger partial charge is 0.403 e. The minimum absolute atomic E-state index is 0.0554. The Kier molecular flexibility index (Phi) is 3.80. The molecule has 0 aliphatic carbocycles. The average Bonchev–Trinajstić information content (AvgIpc) is 2.96. The maximum absolute atomic E-state index is 13.5. The Morgan fingerprint density at radius 1 is 0.957 bits per heavy atom. The summed E-state index contributed by atoms with van der Waals surface area (Å²) in [5.74, 6) is -3.04. The molecular weight excluding hydrogens is 311 g/mol. The molecule has 116 valence electrons. The summed E-state index contributed by atoms with van der Waals surface area (Å²) in [6, 6.07) is 7.55. The van der Waals surface area contributed by atoms with Crippen LogP contribution in [0.2, 0.25) is 0 Å². The van der Waals surface area contributed by atoms with Gasteiger partial charge in [-0.2, -0.15) is 0 Å². The van der Waals surface area contributed by atoms with E-state index in [0.717, 1.165) is 12.1 Å². The van der Waals surface area contributed by atoms with Crippen molar-refractivity contribution in [2.24, 2.45) is 0 Å². The first kappa shape index (κ1) is 14.8. The molecule has 0 saturated carbocycles. The first-order chi connectivity index (χ1) is 11.0. The second-order valence-corrected chi connectivity index (χ2v) is 4.50. The van der Waals surface area contributed by atoms with E-state index in [4.69, 9.17) is 4.42 Å². The molecule has 1 heterocycles. The molecule has 1 amide bonds. The zero-order valence-corrected chi connectivity index (χ0v) is 11.4. The number of hydrogen-bond donors (Lipinski definition) is 1. The number of benzene rings is 2. The molecule has 0 radical (unpaired) electrons. The summed E-state index contributed by atoms with van der Waals surface area (Å²) in [6.45, 7) is 0. The summed E-state index contributed by atoms with van der Waals surface area (Å²) < 4.78 is 44.4. The van der Waals surface area contributed by atoms with Gasteiger partial charge in [-0.3, -0.25) is 10.1 Å². The smallest absolute Gasteiger partial charge is 0.322 e. The maximum atomic E-state index is 13.5. The highest BCUT2D eigenvalue weighted by atomic mass is 19.1. The van der Waals surface area contributed by atoms with E-state index in [-0.39, 0.29) is 17.5 Å². The van der Waals surface area contributed by atoms with Gasteiger partial charge in [0.05, 0.1) is 5.56 Å². The lowest BCUT2D eigenvalue weighted by Crippen LogP contribution is -2.14. The van der Waals surface area contributed by atoms with E-state index in [9.17, 15) is 18.0 Å². The van der Waals surface area contributed by atoms with Crippen LogP contribution in [0.5, 0.6) is 0 Å². The summed E-state index contributed by atoms with van der Waals surface area (Å²) in [5.41, 5.74) is 0.0836. The van der Waals surface area contributed by atoms with Gasteiger partial charge in [0.15, 0.2) is 0 Å². The predicted octanol–water partition coefficient (Wildman–Crippen LogP) is 3.41. The molecule has 8 heteroatoms. The molecule has 2 aromatic carbocycles. The number of carbonyl (C=O) groups is 1. The molecule has 5 nitrogen and oxygen atoms in total. The van der Waals surface area contributed by atoms with Crippen molar-refractivity contribution in [3.8, 4) is 11.5 Å². The van der Waals surface area contributed by atoms with Crippen molar-refractivity contribution in [2.75, 3.05) is 5.32 Å². The van der Waals surface area contributed by atoms with Gasteiger partial charge in [0, 0.05) is 11.6 Å². The average molecular weight is 319 g/mol. The number of hydrogen-bond acceptors (Lipinski definition) is 4. The lowest BCUT2D eigenvalue weighted by Gasteiger charge is -2.02. The molecule has 0 bridgehead atoms. The van der Waals surface area contributed by atoms with Gasteiger partial charge in [-0.15, -0.1) is 5.10 Å². The molecule has 0 atom stereocenters. The fourth-order valence-electron chi connectivity index (χ4n) is 1.82. The van der Waals surface area contributed by atoms with E-state index >= 15 is 0 Å². The zero-order chi connectivity index (χ0) is 16.4. The number of aromatic nitrogens is 2. The number of anilines is 1. The molecule has 0 unspecified atom stereocenters. The number of amides is 1. The Morgan fingerprint density at radius 3 is 2.35 bits per heavy atom. The number of rotatable bonds is 3. The van der Waals surface area contributed by atoms with Gasteiger partial charge in [0.1, 0.15) is 17.5 Å². The molecular formula is C15H8F3N3O2. The van der Waals surface area contributed by atoms with Crippen LogP contribution in [-0.4, -0.2) is 16.1 Å². The highest BCUT2D eigenvalue weighted by molar-refractivity contribution is 6.03. The molecule has 23 heavy (non-hydrogen) atoms. The maximum Gasteiger partial charge on any atom is 0.322 e. The van der Waals surface area contributed by atoms with Crippen LogP contribution in [0.15, 0.2) is 46.9 Å². The molecule has 3 rings (SSSR count). The third-order valence-electron chi connectivity index (χ3n) is 2.91. The summed E-state index contributed by atoms with van der Waals surface area (Å²) in [6.07, 6.45) is 0. The minimum Gasteiger partial charge on any atom is -0.403 e. The second kappa shape index (κ2) is 5.91. The summed E-state index contributed by atoms with van der Waals surface area (Å²) in [5, 5.41) is 9.48. The van der Waals surface area contributed by atoms with E-state index in [0.29, 0.717) is 11.6 Å². The topological polar surface area (TPSA) is 68.0 Å². The number of carbonyl (C=O) groups excluding carboxylic acids is 1. The van der Waals surface area contributed by atoms with Crippen molar-refractivity contribution in [3.05, 3.63) is 65.5 Å². The van der Waals surface area contributed by atoms with Crippen molar-refractivity contribution in [1.82, 2.24) is 10.2 Å². The Morgan fingerprint density at radius 2 is 1.65 bits per heavy atom. The second-order valence-electron chi connectivity index (χ2n) is 4.50. The van der Waals surface area contributed by atoms with Crippen LogP contribution in [0.1, 0.15) is 10.4 Å². The highest BCUT2D eigenvalue weighted by Gasteiger charge is 2.16. The van der Waals surface area contributed by atoms with Crippen LogP contribution >= 0.6 is 0 Å². The Hall–Kier alpha value is -3.16. The molecule has 0 fully saturated rings. The minimum atomic E-state index is -1.01. The van der Waals surface area contributed by atoms with Crippen LogP contribution < -0.4 is 5.32 Å². The van der Waals surface area contributed by atoms with Crippen LogP contribution in [-0.2, 0) is 0 Å². The van der Waals surface area contributed by atoms with Gasteiger partial charge in [-0.05, 0) is 36.4 Å². The third-order valence-corrected chi connectivity index (χ3v) is 2.91. The van der Waals surface area contributed by atoms with Gasteiger partial charge < -0.3 is 4.42 Å². The van der Waals surface area contributed by atoms with E-state index in [1.54, 1.807) is 0 Å². The Balaban J connectivity index is 1.78. The van der Waals surface area contributed by atoms with Crippen LogP contribution in [0.25, 0.3) is 11.5 Å². The van der Waals surface area contributed by atoms with Gasteiger partial charge in [-0.25, -0.2) is 13.2 Å². The molecule has 0 aliphatic rings. The third kappa shape index (κ3) is 3.20. The summed E-state index contributed by atoms with van der Waals surface area (Å²) in [7, 11) is 0. The normalized spacial score (nSPS) is 10.6. The highest BCUT2D eigenvalue weighted by Crippen LogP contribution is 2.20. The summed E-state index contributed by atoms with van der Waals surface area (Å²) >= 11 is 0. The van der Waals surface area contributed by atoms with Crippen molar-refractivity contribution in [1.29, 1.82) is 0 Å². The Bertz CT molecular complexity index is 863. The molecule has 1 N–H and O–H groups in total. The van der Waals surface area contributed by atoms with Gasteiger partial charge in [-0.1, -0.05) is 5.10 Å². The van der Waals surface area contributed by atoms with Gasteiger partial charge >= 0.3 is 6.01 Å².